The van der Waals surface area contributed by atoms with Gasteiger partial charge in [0.15, 0.2) is 11.5 Å². The average Bonchev–Trinajstić information content (AvgIpc) is 2.33. The lowest BCUT2D eigenvalue weighted by atomic mass is 9.62. The first-order valence-corrected chi connectivity index (χ1v) is 7.50. The summed E-state index contributed by atoms with van der Waals surface area (Å²) in [4.78, 5) is 0. The minimum Gasteiger partial charge on any atom is -0.504 e. The van der Waals surface area contributed by atoms with Gasteiger partial charge >= 0.3 is 0 Å². The molecule has 2 N–H and O–H groups in total. The monoisotopic (exact) mass is 294 g/mol. The third-order valence-corrected chi connectivity index (χ3v) is 4.21. The number of phenolic OH excluding ortho intramolecular Hbond substituents is 1. The van der Waals surface area contributed by atoms with E-state index < -0.39 is 0 Å². The molecule has 0 aliphatic heterocycles. The third kappa shape index (κ3) is 4.13. The molecule has 1 rings (SSSR count). The van der Waals surface area contributed by atoms with E-state index in [1.54, 1.807) is 13.2 Å². The summed E-state index contributed by atoms with van der Waals surface area (Å²) in [7, 11) is 1.55. The predicted molar refractivity (Wildman–Crippen MR) is 86.9 cm³/mol. The molecular weight excluding hydrogens is 264 g/mol. The highest BCUT2D eigenvalue weighted by molar-refractivity contribution is 5.43. The molecule has 2 atom stereocenters. The van der Waals surface area contributed by atoms with Crippen LogP contribution >= 0.6 is 0 Å². The van der Waals surface area contributed by atoms with Gasteiger partial charge in [-0.1, -0.05) is 47.6 Å². The molecule has 1 aromatic rings. The highest BCUT2D eigenvalue weighted by Crippen LogP contribution is 2.48. The highest BCUT2D eigenvalue weighted by Gasteiger charge is 2.39. The molecule has 0 amide bonds. The summed E-state index contributed by atoms with van der Waals surface area (Å²) in [6, 6.07) is 5.49. The molecule has 21 heavy (non-hydrogen) atoms. The fraction of sp³-hybridized carbons (Fsp3) is 0.667. The first-order chi connectivity index (χ1) is 9.52. The van der Waals surface area contributed by atoms with Crippen LogP contribution in [0.5, 0.6) is 11.5 Å². The van der Waals surface area contributed by atoms with Gasteiger partial charge in [0, 0.05) is 6.61 Å². The molecular formula is C18H30O3. The lowest BCUT2D eigenvalue weighted by Gasteiger charge is -2.43. The molecule has 2 unspecified atom stereocenters. The summed E-state index contributed by atoms with van der Waals surface area (Å²) in [6.45, 7) is 13.2. The first kappa shape index (κ1) is 17.8. The summed E-state index contributed by atoms with van der Waals surface area (Å²) < 4.78 is 5.23. The number of methoxy groups -OCH3 is 1. The smallest absolute Gasteiger partial charge is 0.160 e. The molecule has 120 valence electrons. The second-order valence-corrected chi connectivity index (χ2v) is 7.93. The standard InChI is InChI=1S/C18H30O3/c1-17(2,3)13(11-19)16(18(4,5)6)12-8-9-14(20)15(10-12)21-7/h8-10,13,16,19-20H,11H2,1-7H3. The predicted octanol–water partition coefficient (Wildman–Crippen LogP) is 4.19. The van der Waals surface area contributed by atoms with E-state index in [0.717, 1.165) is 5.56 Å². The summed E-state index contributed by atoms with van der Waals surface area (Å²) in [5.74, 6) is 0.904. The quantitative estimate of drug-likeness (QED) is 0.875. The number of benzene rings is 1. The van der Waals surface area contributed by atoms with Gasteiger partial charge in [-0.3, -0.25) is 0 Å². The molecule has 0 fully saturated rings. The fourth-order valence-corrected chi connectivity index (χ4v) is 3.10. The van der Waals surface area contributed by atoms with Gasteiger partial charge in [0.25, 0.3) is 0 Å². The average molecular weight is 294 g/mol. The van der Waals surface area contributed by atoms with Crippen LogP contribution in [0.15, 0.2) is 18.2 Å². The van der Waals surface area contributed by atoms with Crippen LogP contribution in [0.3, 0.4) is 0 Å². The van der Waals surface area contributed by atoms with Gasteiger partial charge < -0.3 is 14.9 Å². The van der Waals surface area contributed by atoms with Crippen molar-refractivity contribution in [3.8, 4) is 11.5 Å². The van der Waals surface area contributed by atoms with E-state index in [4.69, 9.17) is 4.74 Å². The molecule has 0 radical (unpaired) electrons. The zero-order valence-corrected chi connectivity index (χ0v) is 14.4. The molecule has 0 bridgehead atoms. The number of aliphatic hydroxyl groups is 1. The number of ether oxygens (including phenoxy) is 1. The van der Waals surface area contributed by atoms with Gasteiger partial charge in [-0.25, -0.2) is 0 Å². The van der Waals surface area contributed by atoms with E-state index in [9.17, 15) is 10.2 Å². The Morgan fingerprint density at radius 1 is 1.05 bits per heavy atom. The van der Waals surface area contributed by atoms with Crippen molar-refractivity contribution in [1.82, 2.24) is 0 Å². The molecule has 3 nitrogen and oxygen atoms in total. The van der Waals surface area contributed by atoms with Crippen LogP contribution in [0.25, 0.3) is 0 Å². The largest absolute Gasteiger partial charge is 0.504 e. The molecule has 0 heterocycles. The van der Waals surface area contributed by atoms with Crippen molar-refractivity contribution in [2.75, 3.05) is 13.7 Å². The molecule has 0 saturated carbocycles. The maximum Gasteiger partial charge on any atom is 0.160 e. The van der Waals surface area contributed by atoms with Crippen molar-refractivity contribution < 1.29 is 14.9 Å². The Balaban J connectivity index is 3.39. The topological polar surface area (TPSA) is 49.7 Å². The summed E-state index contributed by atoms with van der Waals surface area (Å²) in [5.41, 5.74) is 1.06. The van der Waals surface area contributed by atoms with Crippen LogP contribution in [0.2, 0.25) is 0 Å². The van der Waals surface area contributed by atoms with Crippen molar-refractivity contribution in [2.45, 2.75) is 47.5 Å². The third-order valence-electron chi connectivity index (χ3n) is 4.21. The molecule has 0 aliphatic rings. The minimum absolute atomic E-state index is 0.0112. The summed E-state index contributed by atoms with van der Waals surface area (Å²) >= 11 is 0. The number of aliphatic hydroxyl groups excluding tert-OH is 1. The van der Waals surface area contributed by atoms with Crippen molar-refractivity contribution in [2.24, 2.45) is 16.7 Å². The van der Waals surface area contributed by atoms with Gasteiger partial charge in [0.2, 0.25) is 0 Å². The van der Waals surface area contributed by atoms with Gasteiger partial charge in [0.05, 0.1) is 7.11 Å². The first-order valence-electron chi connectivity index (χ1n) is 7.50. The normalized spacial score (nSPS) is 15.6. The maximum atomic E-state index is 9.96. The van der Waals surface area contributed by atoms with Gasteiger partial charge in [-0.05, 0) is 40.4 Å². The molecule has 0 aromatic heterocycles. The van der Waals surface area contributed by atoms with E-state index in [-0.39, 0.29) is 35.0 Å². The maximum absolute atomic E-state index is 9.96. The second kappa shape index (κ2) is 6.27. The van der Waals surface area contributed by atoms with Crippen molar-refractivity contribution >= 4 is 0 Å². The van der Waals surface area contributed by atoms with E-state index in [0.29, 0.717) is 5.75 Å². The van der Waals surface area contributed by atoms with Crippen LogP contribution in [0.4, 0.5) is 0 Å². The highest BCUT2D eigenvalue weighted by atomic mass is 16.5. The Morgan fingerprint density at radius 3 is 2.00 bits per heavy atom. The molecule has 0 aliphatic carbocycles. The lowest BCUT2D eigenvalue weighted by Crippen LogP contribution is -2.36. The minimum atomic E-state index is -0.0161. The van der Waals surface area contributed by atoms with Crippen LogP contribution < -0.4 is 4.74 Å². The van der Waals surface area contributed by atoms with Crippen LogP contribution in [-0.2, 0) is 0 Å². The van der Waals surface area contributed by atoms with Gasteiger partial charge in [-0.15, -0.1) is 0 Å². The number of hydrogen-bond acceptors (Lipinski definition) is 3. The van der Waals surface area contributed by atoms with Gasteiger partial charge in [0.1, 0.15) is 0 Å². The Labute approximate surface area is 129 Å². The summed E-state index contributed by atoms with van der Waals surface area (Å²) in [6.07, 6.45) is 0. The van der Waals surface area contributed by atoms with Crippen molar-refractivity contribution in [3.05, 3.63) is 23.8 Å². The zero-order chi connectivity index (χ0) is 16.4. The number of phenols is 1. The molecule has 0 spiro atoms. The Bertz CT molecular complexity index is 466. The van der Waals surface area contributed by atoms with Crippen molar-refractivity contribution in [3.63, 3.8) is 0 Å². The molecule has 3 heteroatoms. The van der Waals surface area contributed by atoms with E-state index in [1.807, 2.05) is 12.1 Å². The lowest BCUT2D eigenvalue weighted by molar-refractivity contribution is 0.0647. The van der Waals surface area contributed by atoms with E-state index in [2.05, 4.69) is 41.5 Å². The zero-order valence-electron chi connectivity index (χ0n) is 14.4. The van der Waals surface area contributed by atoms with Crippen molar-refractivity contribution in [1.29, 1.82) is 0 Å². The summed E-state index contributed by atoms with van der Waals surface area (Å²) in [5, 5.41) is 19.8. The fourth-order valence-electron chi connectivity index (χ4n) is 3.10. The van der Waals surface area contributed by atoms with Crippen LogP contribution in [0.1, 0.15) is 53.0 Å². The van der Waals surface area contributed by atoms with Gasteiger partial charge in [-0.2, -0.15) is 0 Å². The SMILES string of the molecule is COc1cc(C(C(CO)C(C)(C)C)C(C)(C)C)ccc1O. The number of hydrogen-bond donors (Lipinski definition) is 2. The number of rotatable bonds is 4. The Morgan fingerprint density at radius 2 is 1.62 bits per heavy atom. The Hall–Kier alpha value is -1.22. The molecule has 1 aromatic carbocycles. The molecule has 0 saturated heterocycles. The van der Waals surface area contributed by atoms with E-state index >= 15 is 0 Å². The Kier molecular flexibility index (Phi) is 5.32. The van der Waals surface area contributed by atoms with E-state index in [1.165, 1.54) is 0 Å². The van der Waals surface area contributed by atoms with Crippen LogP contribution in [0, 0.1) is 16.7 Å². The van der Waals surface area contributed by atoms with Crippen LogP contribution in [-0.4, -0.2) is 23.9 Å². The number of aromatic hydroxyl groups is 1. The second-order valence-electron chi connectivity index (χ2n) is 7.93.